The van der Waals surface area contributed by atoms with E-state index in [9.17, 15) is 14.7 Å². The van der Waals surface area contributed by atoms with Gasteiger partial charge in [0.1, 0.15) is 11.9 Å². The lowest BCUT2D eigenvalue weighted by atomic mass is 9.92. The van der Waals surface area contributed by atoms with Gasteiger partial charge >= 0.3 is 6.09 Å². The van der Waals surface area contributed by atoms with Crippen molar-refractivity contribution in [2.45, 2.75) is 30.8 Å². The molecule has 2 rings (SSSR count). The summed E-state index contributed by atoms with van der Waals surface area (Å²) in [5.74, 6) is -0.768. The fourth-order valence-electron chi connectivity index (χ4n) is 2.91. The Morgan fingerprint density at radius 3 is 2.58 bits per heavy atom. The Morgan fingerprint density at radius 1 is 1.23 bits per heavy atom. The van der Waals surface area contributed by atoms with Gasteiger partial charge in [0.25, 0.3) is 5.91 Å². The zero-order valence-corrected chi connectivity index (χ0v) is 19.6. The maximum Gasteiger partial charge on any atom is 0.412 e. The first kappa shape index (κ1) is 24.8. The largest absolute Gasteiger partial charge is 0.508 e. The summed E-state index contributed by atoms with van der Waals surface area (Å²) >= 11 is 4.99. The second-order valence-corrected chi connectivity index (χ2v) is 8.61. The third-order valence-corrected chi connectivity index (χ3v) is 5.79. The molecule has 0 heterocycles. The van der Waals surface area contributed by atoms with Gasteiger partial charge in [0.05, 0.1) is 0 Å². The van der Waals surface area contributed by atoms with E-state index in [1.54, 1.807) is 42.1 Å². The van der Waals surface area contributed by atoms with Gasteiger partial charge in [-0.25, -0.2) is 10.3 Å². The van der Waals surface area contributed by atoms with E-state index in [2.05, 4.69) is 21.2 Å². The van der Waals surface area contributed by atoms with Crippen LogP contribution in [-0.4, -0.2) is 28.6 Å². The van der Waals surface area contributed by atoms with Crippen molar-refractivity contribution >= 4 is 45.4 Å². The van der Waals surface area contributed by atoms with Gasteiger partial charge in [-0.15, -0.1) is 11.8 Å². The number of carbonyl (C=O) groups excluding carboxylic acids is 2. The predicted octanol–water partition coefficient (Wildman–Crippen LogP) is 5.64. The Kier molecular flexibility index (Phi) is 9.90. The summed E-state index contributed by atoms with van der Waals surface area (Å²) in [7, 11) is 0. The number of anilines is 1. The van der Waals surface area contributed by atoms with E-state index in [0.717, 1.165) is 9.37 Å². The quantitative estimate of drug-likeness (QED) is 0.151. The van der Waals surface area contributed by atoms with Crippen molar-refractivity contribution in [1.29, 1.82) is 0 Å². The van der Waals surface area contributed by atoms with Crippen LogP contribution in [0.25, 0.3) is 0 Å². The number of thioether (sulfide) groups is 1. The lowest BCUT2D eigenvalue weighted by Crippen LogP contribution is -2.22. The highest BCUT2D eigenvalue weighted by molar-refractivity contribution is 9.10. The van der Waals surface area contributed by atoms with Crippen LogP contribution in [0.2, 0.25) is 0 Å². The van der Waals surface area contributed by atoms with Gasteiger partial charge in [-0.2, -0.15) is 0 Å². The smallest absolute Gasteiger partial charge is 0.412 e. The molecule has 31 heavy (non-hydrogen) atoms. The van der Waals surface area contributed by atoms with E-state index in [4.69, 9.17) is 9.94 Å². The van der Waals surface area contributed by atoms with E-state index < -0.39 is 18.1 Å². The summed E-state index contributed by atoms with van der Waals surface area (Å²) in [4.78, 5) is 24.7. The highest BCUT2D eigenvalue weighted by atomic mass is 79.9. The van der Waals surface area contributed by atoms with Gasteiger partial charge in [-0.05, 0) is 67.5 Å². The Balaban J connectivity index is 2.14. The third kappa shape index (κ3) is 7.93. The highest BCUT2D eigenvalue weighted by Crippen LogP contribution is 2.36. The number of halogens is 1. The fraction of sp³-hybridized carbons (Fsp3) is 0.273. The minimum atomic E-state index is -0.719. The second-order valence-electron chi connectivity index (χ2n) is 6.82. The van der Waals surface area contributed by atoms with Crippen LogP contribution in [0.1, 0.15) is 31.4 Å². The molecule has 9 heteroatoms. The van der Waals surface area contributed by atoms with Gasteiger partial charge in [-0.1, -0.05) is 28.9 Å². The number of aromatic hydroxyl groups is 1. The number of allylic oxidation sites excluding steroid dienone is 1. The van der Waals surface area contributed by atoms with Gasteiger partial charge in [0.2, 0.25) is 0 Å². The number of hydrogen-bond acceptors (Lipinski definition) is 6. The van der Waals surface area contributed by atoms with Crippen molar-refractivity contribution in [1.82, 2.24) is 5.48 Å². The Hall–Kier alpha value is -2.49. The number of nitrogens with one attached hydrogen (secondary N) is 2. The maximum absolute atomic E-state index is 12.6. The number of carbonyl (C=O) groups is 2. The second kappa shape index (κ2) is 12.4. The number of ether oxygens (including phenoxy) is 1. The molecule has 0 aliphatic carbocycles. The predicted molar refractivity (Wildman–Crippen MR) is 124 cm³/mol. The lowest BCUT2D eigenvalue weighted by Gasteiger charge is -2.25. The Morgan fingerprint density at radius 2 is 1.94 bits per heavy atom. The van der Waals surface area contributed by atoms with Gasteiger partial charge in [-0.3, -0.25) is 15.3 Å². The van der Waals surface area contributed by atoms with Gasteiger partial charge < -0.3 is 9.84 Å². The number of phenols is 1. The van der Waals surface area contributed by atoms with Crippen LogP contribution in [0, 0.1) is 5.92 Å². The summed E-state index contributed by atoms with van der Waals surface area (Å²) in [6.07, 6.45) is 4.55. The molecule has 2 atom stereocenters. The Bertz CT molecular complexity index is 921. The molecule has 0 bridgehead atoms. The first-order chi connectivity index (χ1) is 14.8. The Labute approximate surface area is 194 Å². The molecule has 2 aromatic rings. The molecule has 0 saturated carbocycles. The highest BCUT2D eigenvalue weighted by Gasteiger charge is 2.26. The average molecular weight is 509 g/mol. The van der Waals surface area contributed by atoms with Crippen LogP contribution < -0.4 is 10.8 Å². The summed E-state index contributed by atoms with van der Waals surface area (Å²) < 4.78 is 6.46. The van der Waals surface area contributed by atoms with Crippen molar-refractivity contribution in [3.05, 3.63) is 64.7 Å². The molecule has 7 nitrogen and oxygen atoms in total. The van der Waals surface area contributed by atoms with E-state index in [0.29, 0.717) is 24.1 Å². The number of rotatable bonds is 9. The zero-order valence-electron chi connectivity index (χ0n) is 17.2. The summed E-state index contributed by atoms with van der Waals surface area (Å²) in [6, 6.07) is 12.3. The van der Waals surface area contributed by atoms with E-state index in [-0.39, 0.29) is 11.7 Å². The first-order valence-corrected chi connectivity index (χ1v) is 11.6. The van der Waals surface area contributed by atoms with Crippen molar-refractivity contribution in [3.63, 3.8) is 0 Å². The normalized spacial score (nSPS) is 12.9. The molecule has 0 radical (unpaired) electrons. The molecule has 4 N–H and O–H groups in total. The van der Waals surface area contributed by atoms with Crippen LogP contribution in [0.3, 0.4) is 0 Å². The average Bonchev–Trinajstić information content (AvgIpc) is 2.77. The van der Waals surface area contributed by atoms with Crippen molar-refractivity contribution in [3.8, 4) is 5.75 Å². The van der Waals surface area contributed by atoms with E-state index in [1.165, 1.54) is 17.6 Å². The van der Waals surface area contributed by atoms with Gasteiger partial charge in [0, 0.05) is 26.7 Å². The van der Waals surface area contributed by atoms with Crippen LogP contribution in [0.15, 0.2) is 64.0 Å². The number of hydrogen-bond donors (Lipinski definition) is 4. The number of hydroxylamine groups is 1. The topological polar surface area (TPSA) is 108 Å². The van der Waals surface area contributed by atoms with Crippen LogP contribution in [0.4, 0.5) is 10.5 Å². The molecule has 0 spiro atoms. The number of phenolic OH excluding ortho intramolecular Hbond substituents is 1. The van der Waals surface area contributed by atoms with Gasteiger partial charge in [0.15, 0.2) is 0 Å². The zero-order chi connectivity index (χ0) is 22.8. The molecule has 0 saturated heterocycles. The summed E-state index contributed by atoms with van der Waals surface area (Å²) in [6.45, 7) is 1.89. The standard InChI is InChI=1S/C22H25BrN2O5S/c1-14(5-3-4-6-20(27)25-29)21(18-13-15(23)7-12-19(18)26)30-22(28)24-16-8-10-17(31-2)11-9-16/h4,6-14,21,26,29H,3,5H2,1-2H3,(H,24,28)(H,25,27)/b6-4+/t14-,21+/m0/s1. The minimum absolute atomic E-state index is 0.0207. The fourth-order valence-corrected chi connectivity index (χ4v) is 3.70. The van der Waals surface area contributed by atoms with Crippen molar-refractivity contribution in [2.24, 2.45) is 5.92 Å². The molecule has 0 unspecified atom stereocenters. The minimum Gasteiger partial charge on any atom is -0.508 e. The number of benzene rings is 2. The number of amides is 2. The molecule has 0 aliphatic rings. The van der Waals surface area contributed by atoms with Crippen molar-refractivity contribution < 1.29 is 24.6 Å². The van der Waals surface area contributed by atoms with E-state index >= 15 is 0 Å². The molecule has 2 aromatic carbocycles. The molecule has 0 aromatic heterocycles. The monoisotopic (exact) mass is 508 g/mol. The lowest BCUT2D eigenvalue weighted by molar-refractivity contribution is -0.124. The van der Waals surface area contributed by atoms with Crippen molar-refractivity contribution in [2.75, 3.05) is 11.6 Å². The van der Waals surface area contributed by atoms with Crippen LogP contribution in [-0.2, 0) is 9.53 Å². The molecule has 166 valence electrons. The third-order valence-electron chi connectivity index (χ3n) is 4.55. The molecule has 0 fully saturated rings. The van der Waals surface area contributed by atoms with Crippen LogP contribution >= 0.6 is 27.7 Å². The summed E-state index contributed by atoms with van der Waals surface area (Å²) in [5.41, 5.74) is 2.61. The van der Waals surface area contributed by atoms with E-state index in [1.807, 2.05) is 25.3 Å². The molecular formula is C22H25BrN2O5S. The molecular weight excluding hydrogens is 484 g/mol. The first-order valence-electron chi connectivity index (χ1n) is 9.54. The molecule has 0 aliphatic heterocycles. The maximum atomic E-state index is 12.6. The van der Waals surface area contributed by atoms with Crippen LogP contribution in [0.5, 0.6) is 5.75 Å². The summed E-state index contributed by atoms with van der Waals surface area (Å²) in [5, 5.41) is 21.6. The molecule has 2 amide bonds. The SMILES string of the molecule is CSc1ccc(NC(=O)O[C@@H](c2cc(Br)ccc2O)[C@@H](C)CC/C=C/C(=O)NO)cc1.